The number of carbonyl (C=O) groups excluding carboxylic acids is 2. The average molecular weight is 340 g/mol. The molecule has 1 aromatic carbocycles. The van der Waals surface area contributed by atoms with Crippen LogP contribution in [0.1, 0.15) is 29.6 Å². The van der Waals surface area contributed by atoms with Gasteiger partial charge in [0.15, 0.2) is 0 Å². The van der Waals surface area contributed by atoms with E-state index in [1.54, 1.807) is 25.3 Å². The van der Waals surface area contributed by atoms with Crippen molar-refractivity contribution in [3.05, 3.63) is 28.8 Å². The Bertz CT molecular complexity index is 560. The molecular weight excluding hydrogens is 318 g/mol. The minimum atomic E-state index is -0.264. The SMILES string of the molecule is COCCNC(=O)c1ccc(NC(=O)CC2CCCN2)cc1Cl. The third kappa shape index (κ3) is 5.49. The largest absolute Gasteiger partial charge is 0.383 e. The predicted molar refractivity (Wildman–Crippen MR) is 89.9 cm³/mol. The quantitative estimate of drug-likeness (QED) is 0.662. The van der Waals surface area contributed by atoms with E-state index in [0.717, 1.165) is 19.4 Å². The Balaban J connectivity index is 1.90. The van der Waals surface area contributed by atoms with Crippen molar-refractivity contribution in [3.63, 3.8) is 0 Å². The van der Waals surface area contributed by atoms with Crippen LogP contribution in [-0.2, 0) is 9.53 Å². The molecule has 23 heavy (non-hydrogen) atoms. The van der Waals surface area contributed by atoms with E-state index >= 15 is 0 Å². The van der Waals surface area contributed by atoms with E-state index < -0.39 is 0 Å². The zero-order valence-corrected chi connectivity index (χ0v) is 13.9. The lowest BCUT2D eigenvalue weighted by Crippen LogP contribution is -2.28. The molecule has 1 saturated heterocycles. The summed E-state index contributed by atoms with van der Waals surface area (Å²) in [5.74, 6) is -0.321. The summed E-state index contributed by atoms with van der Waals surface area (Å²) in [7, 11) is 1.57. The van der Waals surface area contributed by atoms with Gasteiger partial charge in [0.2, 0.25) is 5.91 Å². The fraction of sp³-hybridized carbons (Fsp3) is 0.500. The van der Waals surface area contributed by atoms with E-state index in [-0.39, 0.29) is 17.9 Å². The van der Waals surface area contributed by atoms with Gasteiger partial charge in [-0.15, -0.1) is 0 Å². The maximum atomic E-state index is 12.0. The number of benzene rings is 1. The van der Waals surface area contributed by atoms with Crippen molar-refractivity contribution in [1.29, 1.82) is 0 Å². The second-order valence-corrected chi connectivity index (χ2v) is 5.90. The van der Waals surface area contributed by atoms with Crippen molar-refractivity contribution < 1.29 is 14.3 Å². The topological polar surface area (TPSA) is 79.5 Å². The number of halogens is 1. The molecule has 0 radical (unpaired) electrons. The van der Waals surface area contributed by atoms with Gasteiger partial charge >= 0.3 is 0 Å². The average Bonchev–Trinajstić information content (AvgIpc) is 3.00. The highest BCUT2D eigenvalue weighted by Gasteiger charge is 2.18. The Kier molecular flexibility index (Phi) is 6.83. The smallest absolute Gasteiger partial charge is 0.252 e. The molecule has 1 heterocycles. The Morgan fingerprint density at radius 1 is 1.43 bits per heavy atom. The van der Waals surface area contributed by atoms with Gasteiger partial charge in [0.1, 0.15) is 0 Å². The maximum absolute atomic E-state index is 12.0. The third-order valence-corrected chi connectivity index (χ3v) is 4.00. The van der Waals surface area contributed by atoms with E-state index in [1.165, 1.54) is 0 Å². The molecule has 2 rings (SSSR count). The van der Waals surface area contributed by atoms with Crippen LogP contribution in [0.5, 0.6) is 0 Å². The summed E-state index contributed by atoms with van der Waals surface area (Å²) in [4.78, 5) is 23.9. The zero-order valence-electron chi connectivity index (χ0n) is 13.2. The number of rotatable bonds is 7. The highest BCUT2D eigenvalue weighted by Crippen LogP contribution is 2.21. The number of methoxy groups -OCH3 is 1. The maximum Gasteiger partial charge on any atom is 0.252 e. The van der Waals surface area contributed by atoms with Gasteiger partial charge in [0.25, 0.3) is 5.91 Å². The number of hydrogen-bond acceptors (Lipinski definition) is 4. The molecule has 1 aliphatic heterocycles. The summed E-state index contributed by atoms with van der Waals surface area (Å²) in [5.41, 5.74) is 0.963. The van der Waals surface area contributed by atoms with Crippen molar-refractivity contribution in [1.82, 2.24) is 10.6 Å². The second kappa shape index (κ2) is 8.86. The number of anilines is 1. The first-order chi connectivity index (χ1) is 11.1. The number of amides is 2. The zero-order chi connectivity index (χ0) is 16.7. The molecule has 126 valence electrons. The highest BCUT2D eigenvalue weighted by atomic mass is 35.5. The van der Waals surface area contributed by atoms with Crippen LogP contribution in [0.15, 0.2) is 18.2 Å². The van der Waals surface area contributed by atoms with Crippen LogP contribution in [0.25, 0.3) is 0 Å². The Labute approximate surface area is 140 Å². The van der Waals surface area contributed by atoms with Crippen LogP contribution >= 0.6 is 11.6 Å². The van der Waals surface area contributed by atoms with Gasteiger partial charge in [0, 0.05) is 31.8 Å². The molecule has 1 atom stereocenters. The van der Waals surface area contributed by atoms with E-state index in [4.69, 9.17) is 16.3 Å². The number of hydrogen-bond donors (Lipinski definition) is 3. The first-order valence-electron chi connectivity index (χ1n) is 7.70. The van der Waals surface area contributed by atoms with Crippen LogP contribution in [0.3, 0.4) is 0 Å². The first kappa shape index (κ1) is 17.7. The lowest BCUT2D eigenvalue weighted by atomic mass is 10.1. The van der Waals surface area contributed by atoms with E-state index in [9.17, 15) is 9.59 Å². The Morgan fingerprint density at radius 3 is 2.91 bits per heavy atom. The van der Waals surface area contributed by atoms with Gasteiger partial charge < -0.3 is 20.7 Å². The Hall–Kier alpha value is -1.63. The summed E-state index contributed by atoms with van der Waals surface area (Å²) in [6, 6.07) is 5.12. The highest BCUT2D eigenvalue weighted by molar-refractivity contribution is 6.34. The molecule has 0 bridgehead atoms. The minimum absolute atomic E-state index is 0.0576. The lowest BCUT2D eigenvalue weighted by Gasteiger charge is -2.12. The van der Waals surface area contributed by atoms with Gasteiger partial charge in [-0.3, -0.25) is 9.59 Å². The molecule has 1 fully saturated rings. The van der Waals surface area contributed by atoms with Crippen LogP contribution in [0, 0.1) is 0 Å². The summed E-state index contributed by atoms with van der Waals surface area (Å²) in [5, 5.41) is 9.10. The van der Waals surface area contributed by atoms with Gasteiger partial charge in [-0.05, 0) is 37.6 Å². The van der Waals surface area contributed by atoms with E-state index in [0.29, 0.717) is 35.8 Å². The normalized spacial score (nSPS) is 17.0. The van der Waals surface area contributed by atoms with E-state index in [1.807, 2.05) is 0 Å². The molecule has 1 aromatic rings. The molecule has 7 heteroatoms. The molecule has 0 saturated carbocycles. The van der Waals surface area contributed by atoms with Crippen molar-refractivity contribution in [3.8, 4) is 0 Å². The molecule has 1 unspecified atom stereocenters. The molecule has 1 aliphatic rings. The number of ether oxygens (including phenoxy) is 1. The van der Waals surface area contributed by atoms with Crippen LogP contribution in [0.4, 0.5) is 5.69 Å². The summed E-state index contributed by atoms with van der Waals surface area (Å²) >= 11 is 6.14. The van der Waals surface area contributed by atoms with Gasteiger partial charge in [-0.2, -0.15) is 0 Å². The molecule has 2 amide bonds. The summed E-state index contributed by atoms with van der Waals surface area (Å²) in [6.45, 7) is 1.82. The van der Waals surface area contributed by atoms with Crippen molar-refractivity contribution >= 4 is 29.1 Å². The van der Waals surface area contributed by atoms with Crippen molar-refractivity contribution in [2.75, 3.05) is 32.1 Å². The molecule has 6 nitrogen and oxygen atoms in total. The monoisotopic (exact) mass is 339 g/mol. The lowest BCUT2D eigenvalue weighted by molar-refractivity contribution is -0.116. The van der Waals surface area contributed by atoms with Gasteiger partial charge in [-0.25, -0.2) is 0 Å². The van der Waals surface area contributed by atoms with E-state index in [2.05, 4.69) is 16.0 Å². The third-order valence-electron chi connectivity index (χ3n) is 3.68. The molecule has 0 spiro atoms. The van der Waals surface area contributed by atoms with Crippen LogP contribution in [-0.4, -0.2) is 44.7 Å². The predicted octanol–water partition coefficient (Wildman–Crippen LogP) is 1.80. The Morgan fingerprint density at radius 2 is 2.26 bits per heavy atom. The standard InChI is InChI=1S/C16H22ClN3O3/c1-23-8-7-19-16(22)13-5-4-12(9-14(13)17)20-15(21)10-11-3-2-6-18-11/h4-5,9,11,18H,2-3,6-8,10H2,1H3,(H,19,22)(H,20,21). The molecule has 0 aliphatic carbocycles. The first-order valence-corrected chi connectivity index (χ1v) is 8.08. The fourth-order valence-corrected chi connectivity index (χ4v) is 2.77. The van der Waals surface area contributed by atoms with Crippen LogP contribution < -0.4 is 16.0 Å². The molecule has 0 aromatic heterocycles. The number of nitrogens with one attached hydrogen (secondary N) is 3. The number of carbonyl (C=O) groups is 2. The molecule has 3 N–H and O–H groups in total. The summed E-state index contributed by atoms with van der Waals surface area (Å²) < 4.78 is 4.88. The minimum Gasteiger partial charge on any atom is -0.383 e. The van der Waals surface area contributed by atoms with Crippen LogP contribution in [0.2, 0.25) is 5.02 Å². The van der Waals surface area contributed by atoms with Gasteiger partial charge in [0.05, 0.1) is 17.2 Å². The molecular formula is C16H22ClN3O3. The van der Waals surface area contributed by atoms with Gasteiger partial charge in [-0.1, -0.05) is 11.6 Å². The fourth-order valence-electron chi connectivity index (χ4n) is 2.51. The summed E-state index contributed by atoms with van der Waals surface area (Å²) in [6.07, 6.45) is 2.57. The van der Waals surface area contributed by atoms with Crippen molar-refractivity contribution in [2.24, 2.45) is 0 Å². The second-order valence-electron chi connectivity index (χ2n) is 5.49. The van der Waals surface area contributed by atoms with Crippen molar-refractivity contribution in [2.45, 2.75) is 25.3 Å².